The van der Waals surface area contributed by atoms with Gasteiger partial charge in [-0.3, -0.25) is 9.20 Å². The SMILES string of the molecule is O=C(Nc1ncn2c(C(F)(F)F)csc12)[C@H](Cl)c1ccc2ccccc2c1. The molecule has 4 aromatic rings. The van der Waals surface area contributed by atoms with Crippen molar-refractivity contribution in [2.75, 3.05) is 5.32 Å². The van der Waals surface area contributed by atoms with Crippen molar-refractivity contribution in [1.29, 1.82) is 0 Å². The number of aromatic nitrogens is 2. The van der Waals surface area contributed by atoms with Crippen molar-refractivity contribution in [2.24, 2.45) is 0 Å². The molecule has 1 amide bonds. The van der Waals surface area contributed by atoms with Crippen LogP contribution in [0.3, 0.4) is 0 Å². The van der Waals surface area contributed by atoms with Crippen LogP contribution in [0.4, 0.5) is 19.0 Å². The standard InChI is InChI=1S/C18H11ClF3N3OS/c19-14(12-6-5-10-3-1-2-4-11(10)7-12)16(26)24-15-17-25(9-23-15)13(8-27-17)18(20,21)22/h1-9,14H,(H,24,26)/t14-/m1/s1. The lowest BCUT2D eigenvalue weighted by atomic mass is 10.0. The van der Waals surface area contributed by atoms with E-state index in [1.54, 1.807) is 6.07 Å². The average Bonchev–Trinajstić information content (AvgIpc) is 3.23. The number of carbonyl (C=O) groups excluding carboxylic acids is 1. The molecule has 0 bridgehead atoms. The summed E-state index contributed by atoms with van der Waals surface area (Å²) in [6.07, 6.45) is -3.47. The van der Waals surface area contributed by atoms with Crippen molar-refractivity contribution in [3.05, 3.63) is 65.4 Å². The zero-order valence-corrected chi connectivity index (χ0v) is 15.1. The molecule has 1 N–H and O–H groups in total. The first-order valence-electron chi connectivity index (χ1n) is 7.80. The molecule has 0 unspecified atom stereocenters. The summed E-state index contributed by atoms with van der Waals surface area (Å²) in [5.74, 6) is -0.513. The number of anilines is 1. The minimum Gasteiger partial charge on any atom is -0.307 e. The number of benzene rings is 2. The Bertz CT molecular complexity index is 1150. The summed E-state index contributed by atoms with van der Waals surface area (Å²) in [6.45, 7) is 0. The molecule has 9 heteroatoms. The fraction of sp³-hybridized carbons (Fsp3) is 0.111. The highest BCUT2D eigenvalue weighted by Gasteiger charge is 2.35. The number of nitrogens with one attached hydrogen (secondary N) is 1. The van der Waals surface area contributed by atoms with Crippen LogP contribution in [0.15, 0.2) is 54.2 Å². The zero-order chi connectivity index (χ0) is 19.2. The van der Waals surface area contributed by atoms with Crippen LogP contribution in [0.5, 0.6) is 0 Å². The molecular formula is C18H11ClF3N3OS. The van der Waals surface area contributed by atoms with E-state index in [1.165, 1.54) is 0 Å². The van der Waals surface area contributed by atoms with Crippen molar-refractivity contribution in [3.63, 3.8) is 0 Å². The largest absolute Gasteiger partial charge is 0.432 e. The lowest BCUT2D eigenvalue weighted by Crippen LogP contribution is -2.17. The van der Waals surface area contributed by atoms with E-state index in [2.05, 4.69) is 10.3 Å². The van der Waals surface area contributed by atoms with E-state index in [-0.39, 0.29) is 10.6 Å². The maximum absolute atomic E-state index is 12.9. The van der Waals surface area contributed by atoms with Crippen LogP contribution in [0.2, 0.25) is 0 Å². The first-order chi connectivity index (χ1) is 12.8. The second-order valence-corrected chi connectivity index (χ2v) is 7.14. The van der Waals surface area contributed by atoms with Gasteiger partial charge in [-0.25, -0.2) is 4.98 Å². The molecular weight excluding hydrogens is 399 g/mol. The maximum Gasteiger partial charge on any atom is 0.432 e. The van der Waals surface area contributed by atoms with Crippen LogP contribution in [0, 0.1) is 0 Å². The number of imidazole rings is 1. The number of hydrogen-bond acceptors (Lipinski definition) is 3. The van der Waals surface area contributed by atoms with Gasteiger partial charge in [-0.15, -0.1) is 22.9 Å². The van der Waals surface area contributed by atoms with Gasteiger partial charge in [0.2, 0.25) is 5.91 Å². The number of carbonyl (C=O) groups is 1. The van der Waals surface area contributed by atoms with Crippen molar-refractivity contribution in [1.82, 2.24) is 9.38 Å². The second-order valence-electron chi connectivity index (χ2n) is 5.85. The summed E-state index contributed by atoms with van der Waals surface area (Å²) in [6, 6.07) is 13.1. The number of hydrogen-bond donors (Lipinski definition) is 1. The lowest BCUT2D eigenvalue weighted by molar-refractivity contribution is -0.141. The van der Waals surface area contributed by atoms with Crippen LogP contribution in [-0.2, 0) is 11.0 Å². The Morgan fingerprint density at radius 2 is 1.93 bits per heavy atom. The van der Waals surface area contributed by atoms with Gasteiger partial charge < -0.3 is 5.32 Å². The normalized spacial score (nSPS) is 13.2. The average molecular weight is 410 g/mol. The topological polar surface area (TPSA) is 46.4 Å². The van der Waals surface area contributed by atoms with Crippen molar-refractivity contribution >= 4 is 50.3 Å². The molecule has 0 spiro atoms. The number of fused-ring (bicyclic) bond motifs is 2. The van der Waals surface area contributed by atoms with Gasteiger partial charge in [-0.1, -0.05) is 36.4 Å². The van der Waals surface area contributed by atoms with E-state index < -0.39 is 23.2 Å². The van der Waals surface area contributed by atoms with Crippen LogP contribution < -0.4 is 5.32 Å². The summed E-state index contributed by atoms with van der Waals surface area (Å²) < 4.78 is 39.8. The Morgan fingerprint density at radius 3 is 2.67 bits per heavy atom. The molecule has 2 heterocycles. The molecule has 0 saturated carbocycles. The second kappa shape index (κ2) is 6.54. The van der Waals surface area contributed by atoms with E-state index in [0.717, 1.165) is 38.2 Å². The third-order valence-corrected chi connectivity index (χ3v) is 5.50. The van der Waals surface area contributed by atoms with E-state index >= 15 is 0 Å². The van der Waals surface area contributed by atoms with E-state index in [4.69, 9.17) is 11.6 Å². The smallest absolute Gasteiger partial charge is 0.307 e. The first kappa shape index (κ1) is 17.8. The minimum absolute atomic E-state index is 0.0481. The molecule has 1 atom stereocenters. The number of halogens is 4. The number of rotatable bonds is 3. The Labute approximate surface area is 160 Å². The minimum atomic E-state index is -4.50. The molecule has 2 aromatic carbocycles. The molecule has 4 rings (SSSR count). The third-order valence-electron chi connectivity index (χ3n) is 4.09. The Balaban J connectivity index is 1.59. The highest BCUT2D eigenvalue weighted by molar-refractivity contribution is 7.16. The third kappa shape index (κ3) is 3.26. The van der Waals surface area contributed by atoms with Gasteiger partial charge in [-0.05, 0) is 22.4 Å². The lowest BCUT2D eigenvalue weighted by Gasteiger charge is -2.10. The van der Waals surface area contributed by atoms with Gasteiger partial charge in [-0.2, -0.15) is 13.2 Å². The van der Waals surface area contributed by atoms with Crippen molar-refractivity contribution in [2.45, 2.75) is 11.6 Å². The van der Waals surface area contributed by atoms with Crippen LogP contribution in [-0.4, -0.2) is 15.3 Å². The quantitative estimate of drug-likeness (QED) is 0.455. The number of amides is 1. The van der Waals surface area contributed by atoms with Crippen LogP contribution >= 0.6 is 22.9 Å². The van der Waals surface area contributed by atoms with Gasteiger partial charge in [0.05, 0.1) is 0 Å². The molecule has 0 radical (unpaired) electrons. The van der Waals surface area contributed by atoms with Crippen LogP contribution in [0.25, 0.3) is 15.6 Å². The summed E-state index contributed by atoms with van der Waals surface area (Å²) in [5.41, 5.74) is -0.252. The predicted octanol–water partition coefficient (Wildman–Crippen LogP) is 5.49. The van der Waals surface area contributed by atoms with Crippen LogP contribution in [0.1, 0.15) is 16.6 Å². The summed E-state index contributed by atoms with van der Waals surface area (Å²) in [5, 5.41) is 4.44. The Kier molecular flexibility index (Phi) is 4.32. The Hall–Kier alpha value is -2.58. The summed E-state index contributed by atoms with van der Waals surface area (Å²) >= 11 is 7.13. The zero-order valence-electron chi connectivity index (χ0n) is 13.5. The number of thiazole rings is 1. The maximum atomic E-state index is 12.9. The van der Waals surface area contributed by atoms with Gasteiger partial charge in [0.25, 0.3) is 0 Å². The van der Waals surface area contributed by atoms with Gasteiger partial charge in [0.1, 0.15) is 22.2 Å². The molecule has 0 aliphatic rings. The molecule has 0 aliphatic heterocycles. The van der Waals surface area contributed by atoms with E-state index in [0.29, 0.717) is 5.56 Å². The fourth-order valence-electron chi connectivity index (χ4n) is 2.78. The first-order valence-corrected chi connectivity index (χ1v) is 9.11. The Morgan fingerprint density at radius 1 is 1.19 bits per heavy atom. The van der Waals surface area contributed by atoms with Gasteiger partial charge in [0, 0.05) is 5.38 Å². The molecule has 0 aliphatic carbocycles. The highest BCUT2D eigenvalue weighted by atomic mass is 35.5. The molecule has 27 heavy (non-hydrogen) atoms. The molecule has 4 nitrogen and oxygen atoms in total. The molecule has 0 fully saturated rings. The van der Waals surface area contributed by atoms with Crippen molar-refractivity contribution in [3.8, 4) is 0 Å². The predicted molar refractivity (Wildman–Crippen MR) is 99.2 cm³/mol. The van der Waals surface area contributed by atoms with E-state index in [1.807, 2.05) is 36.4 Å². The summed E-state index contributed by atoms with van der Waals surface area (Å²) in [4.78, 5) is 16.6. The van der Waals surface area contributed by atoms with Gasteiger partial charge in [0.15, 0.2) is 5.82 Å². The number of nitrogens with zero attached hydrogens (tertiary/aromatic N) is 2. The number of alkyl halides is 4. The molecule has 0 saturated heterocycles. The molecule has 2 aromatic heterocycles. The van der Waals surface area contributed by atoms with E-state index in [9.17, 15) is 18.0 Å². The summed E-state index contributed by atoms with van der Waals surface area (Å²) in [7, 11) is 0. The fourth-order valence-corrected chi connectivity index (χ4v) is 3.91. The van der Waals surface area contributed by atoms with Crippen molar-refractivity contribution < 1.29 is 18.0 Å². The monoisotopic (exact) mass is 409 g/mol. The highest BCUT2D eigenvalue weighted by Crippen LogP contribution is 2.35. The molecule has 138 valence electrons. The van der Waals surface area contributed by atoms with Gasteiger partial charge >= 0.3 is 6.18 Å².